The first-order valence-electron chi connectivity index (χ1n) is 7.55. The second kappa shape index (κ2) is 7.84. The van der Waals surface area contributed by atoms with Crippen LogP contribution in [-0.2, 0) is 13.0 Å². The van der Waals surface area contributed by atoms with Gasteiger partial charge in [-0.25, -0.2) is 0 Å². The Labute approximate surface area is 127 Å². The topological polar surface area (TPSA) is 29.5 Å². The molecule has 2 heteroatoms. The number of hydrogen-bond acceptors (Lipinski definition) is 2. The van der Waals surface area contributed by atoms with Gasteiger partial charge in [0, 0.05) is 6.61 Å². The Morgan fingerprint density at radius 3 is 2.33 bits per heavy atom. The molecule has 0 aliphatic rings. The van der Waals surface area contributed by atoms with Crippen molar-refractivity contribution in [3.05, 3.63) is 65.7 Å². The molecule has 2 nitrogen and oxygen atoms in total. The lowest BCUT2D eigenvalue weighted by molar-refractivity contribution is 0.189. The van der Waals surface area contributed by atoms with Gasteiger partial charge in [0.15, 0.2) is 0 Å². The van der Waals surface area contributed by atoms with E-state index in [2.05, 4.69) is 38.1 Å². The number of ether oxygens (including phenoxy) is 1. The van der Waals surface area contributed by atoms with Gasteiger partial charge in [-0.15, -0.1) is 0 Å². The molecule has 0 spiro atoms. The zero-order chi connectivity index (χ0) is 15.1. The molecule has 0 radical (unpaired) electrons. The van der Waals surface area contributed by atoms with E-state index >= 15 is 0 Å². The van der Waals surface area contributed by atoms with E-state index in [0.29, 0.717) is 18.4 Å². The number of benzene rings is 2. The van der Waals surface area contributed by atoms with Crippen molar-refractivity contribution >= 4 is 0 Å². The van der Waals surface area contributed by atoms with Crippen molar-refractivity contribution in [1.82, 2.24) is 0 Å². The maximum absolute atomic E-state index is 9.45. The van der Waals surface area contributed by atoms with Gasteiger partial charge in [0.1, 0.15) is 12.4 Å². The van der Waals surface area contributed by atoms with E-state index in [1.807, 2.05) is 30.3 Å². The predicted molar refractivity (Wildman–Crippen MR) is 86.3 cm³/mol. The molecular formula is C19H24O2. The molecule has 2 aromatic carbocycles. The van der Waals surface area contributed by atoms with Crippen molar-refractivity contribution in [3.8, 4) is 5.75 Å². The molecule has 0 aromatic heterocycles. The summed E-state index contributed by atoms with van der Waals surface area (Å²) in [5.41, 5.74) is 2.38. The van der Waals surface area contributed by atoms with Gasteiger partial charge in [-0.2, -0.15) is 0 Å². The van der Waals surface area contributed by atoms with Crippen LogP contribution in [-0.4, -0.2) is 11.7 Å². The molecule has 2 rings (SSSR count). The van der Waals surface area contributed by atoms with Crippen molar-refractivity contribution < 1.29 is 9.84 Å². The molecule has 2 aromatic rings. The monoisotopic (exact) mass is 284 g/mol. The minimum Gasteiger partial charge on any atom is -0.489 e. The summed E-state index contributed by atoms with van der Waals surface area (Å²) in [4.78, 5) is 0. The lowest BCUT2D eigenvalue weighted by Gasteiger charge is -2.18. The summed E-state index contributed by atoms with van der Waals surface area (Å²) in [6.07, 6.45) is 0.886. The highest BCUT2D eigenvalue weighted by Gasteiger charge is 2.13. The molecule has 112 valence electrons. The Balaban J connectivity index is 1.97. The quantitative estimate of drug-likeness (QED) is 0.830. The Morgan fingerprint density at radius 2 is 1.67 bits per heavy atom. The van der Waals surface area contributed by atoms with Gasteiger partial charge in [-0.3, -0.25) is 0 Å². The van der Waals surface area contributed by atoms with Gasteiger partial charge in [0.05, 0.1) is 0 Å². The van der Waals surface area contributed by atoms with E-state index in [-0.39, 0.29) is 6.61 Å². The first-order valence-corrected chi connectivity index (χ1v) is 7.55. The van der Waals surface area contributed by atoms with E-state index < -0.39 is 0 Å². The lowest BCUT2D eigenvalue weighted by atomic mass is 9.90. The zero-order valence-corrected chi connectivity index (χ0v) is 12.8. The Morgan fingerprint density at radius 1 is 0.952 bits per heavy atom. The molecule has 21 heavy (non-hydrogen) atoms. The smallest absolute Gasteiger partial charge is 0.120 e. The van der Waals surface area contributed by atoms with Crippen LogP contribution in [0.25, 0.3) is 0 Å². The van der Waals surface area contributed by atoms with Gasteiger partial charge in [-0.1, -0.05) is 56.3 Å². The molecule has 0 saturated heterocycles. The molecule has 0 fully saturated rings. The summed E-state index contributed by atoms with van der Waals surface area (Å²) in [5, 5.41) is 9.45. The predicted octanol–water partition coefficient (Wildman–Crippen LogP) is 4.07. The summed E-state index contributed by atoms with van der Waals surface area (Å²) in [6, 6.07) is 18.3. The van der Waals surface area contributed by atoms with E-state index in [0.717, 1.165) is 12.2 Å². The fraction of sp³-hybridized carbons (Fsp3) is 0.368. The maximum Gasteiger partial charge on any atom is 0.120 e. The number of rotatable bonds is 7. The summed E-state index contributed by atoms with van der Waals surface area (Å²) in [6.45, 7) is 5.11. The number of hydrogen-bond donors (Lipinski definition) is 1. The standard InChI is InChI=1S/C19H24O2/c1-15(2)18(13-20)11-17-9-6-10-19(12-17)21-14-16-7-4-3-5-8-16/h3-10,12,15,18,20H,11,13-14H2,1-2H3/t18-/m0/s1. The third-order valence-corrected chi connectivity index (χ3v) is 3.82. The van der Waals surface area contributed by atoms with Gasteiger partial charge < -0.3 is 9.84 Å². The highest BCUT2D eigenvalue weighted by Crippen LogP contribution is 2.21. The van der Waals surface area contributed by atoms with Crippen LogP contribution < -0.4 is 4.74 Å². The van der Waals surface area contributed by atoms with Crippen molar-refractivity contribution in [3.63, 3.8) is 0 Å². The highest BCUT2D eigenvalue weighted by atomic mass is 16.5. The zero-order valence-electron chi connectivity index (χ0n) is 12.8. The third-order valence-electron chi connectivity index (χ3n) is 3.82. The Kier molecular flexibility index (Phi) is 5.82. The molecule has 0 aliphatic carbocycles. The van der Waals surface area contributed by atoms with Crippen molar-refractivity contribution in [2.45, 2.75) is 26.9 Å². The van der Waals surface area contributed by atoms with Crippen molar-refractivity contribution in [1.29, 1.82) is 0 Å². The Hall–Kier alpha value is -1.80. The average Bonchev–Trinajstić information content (AvgIpc) is 2.52. The molecule has 0 bridgehead atoms. The summed E-state index contributed by atoms with van der Waals surface area (Å²) in [5.74, 6) is 1.66. The SMILES string of the molecule is CC(C)[C@H](CO)Cc1cccc(OCc2ccccc2)c1. The van der Waals surface area contributed by atoms with E-state index in [9.17, 15) is 5.11 Å². The summed E-state index contributed by atoms with van der Waals surface area (Å²) in [7, 11) is 0. The fourth-order valence-electron chi connectivity index (χ4n) is 2.32. The van der Waals surface area contributed by atoms with E-state index in [4.69, 9.17) is 4.74 Å². The molecule has 0 amide bonds. The van der Waals surface area contributed by atoms with Crippen LogP contribution in [0.4, 0.5) is 0 Å². The van der Waals surface area contributed by atoms with Crippen LogP contribution in [0.5, 0.6) is 5.75 Å². The van der Waals surface area contributed by atoms with Gasteiger partial charge in [0.2, 0.25) is 0 Å². The van der Waals surface area contributed by atoms with Gasteiger partial charge in [-0.05, 0) is 41.5 Å². The van der Waals surface area contributed by atoms with Crippen LogP contribution in [0.15, 0.2) is 54.6 Å². The molecule has 0 aliphatic heterocycles. The molecule has 0 heterocycles. The van der Waals surface area contributed by atoms with Crippen LogP contribution >= 0.6 is 0 Å². The lowest BCUT2D eigenvalue weighted by Crippen LogP contribution is -2.16. The average molecular weight is 284 g/mol. The second-order valence-corrected chi connectivity index (χ2v) is 5.81. The van der Waals surface area contributed by atoms with Crippen molar-refractivity contribution in [2.75, 3.05) is 6.61 Å². The molecule has 0 saturated carbocycles. The molecule has 1 atom stereocenters. The Bertz CT molecular complexity index is 534. The van der Waals surface area contributed by atoms with Gasteiger partial charge >= 0.3 is 0 Å². The van der Waals surface area contributed by atoms with Crippen LogP contribution in [0.1, 0.15) is 25.0 Å². The van der Waals surface area contributed by atoms with E-state index in [1.54, 1.807) is 0 Å². The second-order valence-electron chi connectivity index (χ2n) is 5.81. The number of aliphatic hydroxyl groups excluding tert-OH is 1. The molecule has 0 unspecified atom stereocenters. The number of aliphatic hydroxyl groups is 1. The first-order chi connectivity index (χ1) is 10.2. The van der Waals surface area contributed by atoms with Gasteiger partial charge in [0.25, 0.3) is 0 Å². The van der Waals surface area contributed by atoms with Crippen LogP contribution in [0.2, 0.25) is 0 Å². The minimum atomic E-state index is 0.229. The van der Waals surface area contributed by atoms with Crippen LogP contribution in [0.3, 0.4) is 0 Å². The first kappa shape index (κ1) is 15.6. The third kappa shape index (κ3) is 4.91. The van der Waals surface area contributed by atoms with Crippen molar-refractivity contribution in [2.24, 2.45) is 11.8 Å². The fourth-order valence-corrected chi connectivity index (χ4v) is 2.32. The minimum absolute atomic E-state index is 0.229. The molecule has 1 N–H and O–H groups in total. The summed E-state index contributed by atoms with van der Waals surface area (Å²) >= 11 is 0. The maximum atomic E-state index is 9.45. The molecular weight excluding hydrogens is 260 g/mol. The normalized spacial score (nSPS) is 12.4. The van der Waals surface area contributed by atoms with E-state index in [1.165, 1.54) is 11.1 Å². The van der Waals surface area contributed by atoms with Crippen LogP contribution in [0, 0.1) is 11.8 Å². The largest absolute Gasteiger partial charge is 0.489 e. The highest BCUT2D eigenvalue weighted by molar-refractivity contribution is 5.29. The summed E-state index contributed by atoms with van der Waals surface area (Å²) < 4.78 is 5.85.